The molecule has 0 spiro atoms. The Morgan fingerprint density at radius 3 is 1.15 bits per heavy atom. The Kier molecular flexibility index (Phi) is 3.43. The Bertz CT molecular complexity index is 1210. The molecule has 0 amide bonds. The van der Waals surface area contributed by atoms with E-state index in [2.05, 4.69) is 0 Å². The smallest absolute Gasteiger partial charge is 0.197 e. The highest BCUT2D eigenvalue weighted by atomic mass is 16.1. The molecule has 7 heteroatoms. The van der Waals surface area contributed by atoms with Crippen molar-refractivity contribution in [3.63, 3.8) is 0 Å². The van der Waals surface area contributed by atoms with Crippen LogP contribution in [0.5, 0.6) is 0 Å². The Hall–Kier alpha value is -4.95. The molecule has 0 aromatic heterocycles. The van der Waals surface area contributed by atoms with Crippen LogP contribution < -0.4 is 0 Å². The van der Waals surface area contributed by atoms with E-state index in [9.17, 15) is 36.4 Å². The van der Waals surface area contributed by atoms with Crippen molar-refractivity contribution in [2.24, 2.45) is 0 Å². The van der Waals surface area contributed by atoms with Crippen molar-refractivity contribution in [2.45, 2.75) is 0 Å². The Balaban J connectivity index is 2.59. The van der Waals surface area contributed by atoms with Gasteiger partial charge in [-0.1, -0.05) is 0 Å². The van der Waals surface area contributed by atoms with Gasteiger partial charge in [-0.25, -0.2) is 0 Å². The van der Waals surface area contributed by atoms with Gasteiger partial charge in [0.1, 0.15) is 36.4 Å². The topological polar surface area (TPSA) is 160 Å². The van der Waals surface area contributed by atoms with E-state index < -0.39 is 5.78 Å². The normalized spacial score (nSPS) is 10.2. The van der Waals surface area contributed by atoms with E-state index in [0.717, 1.165) is 0 Å². The molecule has 0 saturated heterocycles. The van der Waals surface area contributed by atoms with Crippen LogP contribution >= 0.6 is 0 Å². The fourth-order valence-corrected chi connectivity index (χ4v) is 3.02. The lowest BCUT2D eigenvalue weighted by Crippen LogP contribution is -2.05. The monoisotopic (exact) mass is 330 g/mol. The van der Waals surface area contributed by atoms with Crippen LogP contribution in [0.3, 0.4) is 0 Å². The van der Waals surface area contributed by atoms with Crippen LogP contribution in [-0.4, -0.2) is 5.78 Å². The van der Waals surface area contributed by atoms with Gasteiger partial charge < -0.3 is 0 Å². The molecule has 2 aromatic carbocycles. The number of carbonyl (C=O) groups excluding carboxylic acids is 1. The quantitative estimate of drug-likeness (QED) is 0.609. The van der Waals surface area contributed by atoms with E-state index in [4.69, 9.17) is 0 Å². The molecular weight excluding hydrogens is 328 g/mol. The summed E-state index contributed by atoms with van der Waals surface area (Å²) in [7, 11) is 0. The summed E-state index contributed by atoms with van der Waals surface area (Å²) in [5.41, 5.74) is -0.989. The zero-order chi connectivity index (χ0) is 19.0. The fourth-order valence-electron chi connectivity index (χ4n) is 3.02. The van der Waals surface area contributed by atoms with Crippen molar-refractivity contribution in [1.29, 1.82) is 31.6 Å². The van der Waals surface area contributed by atoms with Gasteiger partial charge >= 0.3 is 0 Å². The number of nitrogens with zero attached hydrogens (tertiary/aromatic N) is 6. The number of hydrogen-bond acceptors (Lipinski definition) is 7. The minimum Gasteiger partial charge on any atom is -0.288 e. The average Bonchev–Trinajstić information content (AvgIpc) is 2.96. The van der Waals surface area contributed by atoms with E-state index in [0.29, 0.717) is 0 Å². The summed E-state index contributed by atoms with van der Waals surface area (Å²) in [6.45, 7) is 0. The molecule has 7 nitrogen and oxygen atoms in total. The molecule has 2 aromatic rings. The molecule has 0 atom stereocenters. The van der Waals surface area contributed by atoms with Crippen molar-refractivity contribution >= 4 is 5.78 Å². The Morgan fingerprint density at radius 2 is 0.885 bits per heavy atom. The molecule has 0 radical (unpaired) electrons. The van der Waals surface area contributed by atoms with Gasteiger partial charge in [-0.15, -0.1) is 0 Å². The molecule has 1 aliphatic rings. The third kappa shape index (κ3) is 1.78. The molecule has 114 valence electrons. The maximum atomic E-state index is 12.9. The first-order chi connectivity index (χ1) is 12.6. The summed E-state index contributed by atoms with van der Waals surface area (Å²) in [6, 6.07) is 13.2. The number of fused-ring (bicyclic) bond motifs is 3. The summed E-state index contributed by atoms with van der Waals surface area (Å²) in [6.07, 6.45) is 0. The van der Waals surface area contributed by atoms with Gasteiger partial charge in [-0.05, 0) is 23.3 Å². The second-order valence-electron chi connectivity index (χ2n) is 5.19. The lowest BCUT2D eigenvalue weighted by molar-refractivity contribution is 0.104. The highest BCUT2D eigenvalue weighted by Crippen LogP contribution is 2.43. The number of hydrogen-bond donors (Lipinski definition) is 0. The highest BCUT2D eigenvalue weighted by molar-refractivity contribution is 6.25. The zero-order valence-electron chi connectivity index (χ0n) is 12.7. The van der Waals surface area contributed by atoms with Crippen molar-refractivity contribution in [2.75, 3.05) is 0 Å². The van der Waals surface area contributed by atoms with Gasteiger partial charge in [0.25, 0.3) is 0 Å². The summed E-state index contributed by atoms with van der Waals surface area (Å²) in [4.78, 5) is 12.9. The average molecular weight is 330 g/mol. The molecular formula is C19H2N6O. The molecule has 0 N–H and O–H groups in total. The first-order valence-electron chi connectivity index (χ1n) is 6.95. The van der Waals surface area contributed by atoms with Crippen molar-refractivity contribution < 1.29 is 4.79 Å². The minimum absolute atomic E-state index is 0.0928. The van der Waals surface area contributed by atoms with Crippen LogP contribution in [0.2, 0.25) is 0 Å². The highest BCUT2D eigenvalue weighted by Gasteiger charge is 2.36. The van der Waals surface area contributed by atoms with Gasteiger partial charge in [-0.3, -0.25) is 4.79 Å². The summed E-state index contributed by atoms with van der Waals surface area (Å²) >= 11 is 0. The van der Waals surface area contributed by atoms with Crippen LogP contribution in [0.15, 0.2) is 12.1 Å². The summed E-state index contributed by atoms with van der Waals surface area (Å²) in [5.74, 6) is -0.690. The van der Waals surface area contributed by atoms with Crippen LogP contribution in [0.25, 0.3) is 11.1 Å². The standard InChI is InChI=1S/C19H2N6O/c20-3-9-1-11-12-2-10(4-21)14(6-23)16(8-25)18(12)19(26)17(11)15(7-24)13(9)5-22/h1-2H. The second-order valence-corrected chi connectivity index (χ2v) is 5.19. The van der Waals surface area contributed by atoms with Crippen molar-refractivity contribution in [3.05, 3.63) is 56.6 Å². The lowest BCUT2D eigenvalue weighted by Gasteiger charge is -2.06. The minimum atomic E-state index is -0.690. The lowest BCUT2D eigenvalue weighted by atomic mass is 9.92. The third-order valence-electron chi connectivity index (χ3n) is 4.09. The summed E-state index contributed by atoms with van der Waals surface area (Å²) in [5, 5.41) is 55.9. The Morgan fingerprint density at radius 1 is 0.538 bits per heavy atom. The van der Waals surface area contributed by atoms with Crippen molar-refractivity contribution in [1.82, 2.24) is 0 Å². The molecule has 26 heavy (non-hydrogen) atoms. The molecule has 3 rings (SSSR count). The van der Waals surface area contributed by atoms with Crippen LogP contribution in [0.4, 0.5) is 0 Å². The van der Waals surface area contributed by atoms with Gasteiger partial charge in [-0.2, -0.15) is 31.6 Å². The van der Waals surface area contributed by atoms with Crippen LogP contribution in [-0.2, 0) is 0 Å². The largest absolute Gasteiger partial charge is 0.288 e. The van der Waals surface area contributed by atoms with E-state index in [-0.39, 0.29) is 55.6 Å². The number of benzene rings is 2. The first-order valence-corrected chi connectivity index (χ1v) is 6.95. The van der Waals surface area contributed by atoms with Gasteiger partial charge in [0.05, 0.1) is 33.4 Å². The number of nitriles is 6. The molecule has 0 heterocycles. The maximum Gasteiger partial charge on any atom is 0.197 e. The van der Waals surface area contributed by atoms with Crippen molar-refractivity contribution in [3.8, 4) is 47.5 Å². The molecule has 0 fully saturated rings. The SMILES string of the molecule is N#Cc1cc2c(c(C#N)c1C#N)C(=O)c1c-2cc(C#N)c(C#N)c1C#N. The van der Waals surface area contributed by atoms with Crippen LogP contribution in [0.1, 0.15) is 49.3 Å². The maximum absolute atomic E-state index is 12.9. The zero-order valence-corrected chi connectivity index (χ0v) is 12.7. The van der Waals surface area contributed by atoms with E-state index >= 15 is 0 Å². The molecule has 0 saturated carbocycles. The fraction of sp³-hybridized carbons (Fsp3) is 0. The van der Waals surface area contributed by atoms with E-state index in [1.54, 1.807) is 24.3 Å². The van der Waals surface area contributed by atoms with Gasteiger partial charge in [0.2, 0.25) is 0 Å². The molecule has 0 unspecified atom stereocenters. The van der Waals surface area contributed by atoms with E-state index in [1.165, 1.54) is 12.1 Å². The molecule has 0 bridgehead atoms. The predicted molar refractivity (Wildman–Crippen MR) is 83.6 cm³/mol. The predicted octanol–water partition coefficient (Wildman–Crippen LogP) is 2.13. The first kappa shape index (κ1) is 15.9. The number of rotatable bonds is 0. The number of ketones is 1. The van der Waals surface area contributed by atoms with Gasteiger partial charge in [0.15, 0.2) is 5.78 Å². The summed E-state index contributed by atoms with van der Waals surface area (Å²) < 4.78 is 0. The molecule has 1 aliphatic carbocycles. The number of carbonyl (C=O) groups is 1. The van der Waals surface area contributed by atoms with Gasteiger partial charge in [0, 0.05) is 11.1 Å². The Labute approximate surface area is 147 Å². The van der Waals surface area contributed by atoms with E-state index in [1.807, 2.05) is 12.1 Å². The third-order valence-corrected chi connectivity index (χ3v) is 4.09. The van der Waals surface area contributed by atoms with Crippen LogP contribution in [0, 0.1) is 68.0 Å². The second kappa shape index (κ2) is 5.60. The molecule has 0 aliphatic heterocycles.